The van der Waals surface area contributed by atoms with E-state index in [-0.39, 0.29) is 22.6 Å². The van der Waals surface area contributed by atoms with Crippen molar-refractivity contribution >= 4 is 27.7 Å². The molecule has 0 heterocycles. The van der Waals surface area contributed by atoms with Gasteiger partial charge in [-0.1, -0.05) is 22.9 Å². The Balaban J connectivity index is 2.00. The lowest BCUT2D eigenvalue weighted by Crippen LogP contribution is -2.38. The first-order valence-corrected chi connectivity index (χ1v) is 6.26. The Morgan fingerprint density at radius 1 is 1.33 bits per heavy atom. The van der Waals surface area contributed by atoms with Crippen molar-refractivity contribution in [2.24, 2.45) is 5.92 Å². The summed E-state index contributed by atoms with van der Waals surface area (Å²) in [5.74, 6) is 0.341. The summed E-state index contributed by atoms with van der Waals surface area (Å²) in [6.45, 7) is 2.96. The first kappa shape index (κ1) is 12.5. The molecule has 1 rings (SSSR count). The van der Waals surface area contributed by atoms with Crippen molar-refractivity contribution in [3.8, 4) is 0 Å². The largest absolute Gasteiger partial charge is 0.354 e. The van der Waals surface area contributed by atoms with Crippen LogP contribution in [-0.4, -0.2) is 29.7 Å². The summed E-state index contributed by atoms with van der Waals surface area (Å²) < 4.78 is 0. The summed E-state index contributed by atoms with van der Waals surface area (Å²) in [6.07, 6.45) is 2.79. The molecule has 0 aromatic carbocycles. The zero-order chi connectivity index (χ0) is 11.3. The normalized spacial score (nSPS) is 16.9. The van der Waals surface area contributed by atoms with Crippen molar-refractivity contribution in [2.75, 3.05) is 13.1 Å². The highest BCUT2D eigenvalue weighted by molar-refractivity contribution is 9.10. The molecule has 1 unspecified atom stereocenters. The number of rotatable bonds is 6. The Labute approximate surface area is 98.3 Å². The topological polar surface area (TPSA) is 58.2 Å². The number of alkyl halides is 1. The third-order valence-corrected chi connectivity index (χ3v) is 3.38. The monoisotopic (exact) mass is 276 g/mol. The van der Waals surface area contributed by atoms with Crippen LogP contribution in [0.2, 0.25) is 0 Å². The van der Waals surface area contributed by atoms with E-state index in [1.54, 1.807) is 0 Å². The van der Waals surface area contributed by atoms with Gasteiger partial charge in [0.1, 0.15) is 0 Å². The van der Waals surface area contributed by atoms with Crippen LogP contribution in [0.1, 0.15) is 26.2 Å². The molecule has 2 amide bonds. The Morgan fingerprint density at radius 3 is 2.47 bits per heavy atom. The van der Waals surface area contributed by atoms with Gasteiger partial charge in [0.15, 0.2) is 0 Å². The van der Waals surface area contributed by atoms with E-state index >= 15 is 0 Å². The molecule has 0 radical (unpaired) electrons. The summed E-state index contributed by atoms with van der Waals surface area (Å²) in [5.41, 5.74) is 0. The van der Waals surface area contributed by atoms with Gasteiger partial charge in [-0.15, -0.1) is 0 Å². The van der Waals surface area contributed by atoms with Crippen LogP contribution in [0.4, 0.5) is 0 Å². The van der Waals surface area contributed by atoms with E-state index in [4.69, 9.17) is 0 Å². The number of amides is 2. The predicted octanol–water partition coefficient (Wildman–Crippen LogP) is 0.802. The third-order valence-electron chi connectivity index (χ3n) is 2.31. The summed E-state index contributed by atoms with van der Waals surface area (Å²) in [4.78, 5) is 22.4. The van der Waals surface area contributed by atoms with Gasteiger partial charge < -0.3 is 10.6 Å². The van der Waals surface area contributed by atoms with E-state index < -0.39 is 0 Å². The minimum atomic E-state index is -0.128. The summed E-state index contributed by atoms with van der Waals surface area (Å²) in [7, 11) is 0. The van der Waals surface area contributed by atoms with Crippen LogP contribution in [0.25, 0.3) is 0 Å². The van der Waals surface area contributed by atoms with Gasteiger partial charge in [-0.05, 0) is 19.3 Å². The zero-order valence-electron chi connectivity index (χ0n) is 8.88. The molecule has 1 fully saturated rings. The van der Waals surface area contributed by atoms with Gasteiger partial charge >= 0.3 is 0 Å². The van der Waals surface area contributed by atoms with Crippen molar-refractivity contribution in [1.29, 1.82) is 0 Å². The lowest BCUT2D eigenvalue weighted by Gasteiger charge is -2.09. The van der Waals surface area contributed by atoms with Crippen molar-refractivity contribution in [2.45, 2.75) is 31.0 Å². The molecule has 0 bridgehead atoms. The molecule has 1 aliphatic rings. The molecule has 0 saturated heterocycles. The van der Waals surface area contributed by atoms with Gasteiger partial charge in [-0.2, -0.15) is 0 Å². The fourth-order valence-electron chi connectivity index (χ4n) is 1.16. The van der Waals surface area contributed by atoms with Crippen LogP contribution < -0.4 is 10.6 Å². The molecule has 4 nitrogen and oxygen atoms in total. The van der Waals surface area contributed by atoms with E-state index in [2.05, 4.69) is 26.6 Å². The molecular weight excluding hydrogens is 260 g/mol. The lowest BCUT2D eigenvalue weighted by atomic mass is 10.3. The smallest absolute Gasteiger partial charge is 0.233 e. The highest BCUT2D eigenvalue weighted by Gasteiger charge is 2.28. The second-order valence-corrected chi connectivity index (χ2v) is 4.84. The van der Waals surface area contributed by atoms with Crippen LogP contribution >= 0.6 is 15.9 Å². The zero-order valence-corrected chi connectivity index (χ0v) is 10.5. The molecule has 0 aromatic heterocycles. The number of halogens is 1. The maximum atomic E-state index is 11.3. The number of nitrogens with one attached hydrogen (secondary N) is 2. The fourth-order valence-corrected chi connectivity index (χ4v) is 1.32. The maximum absolute atomic E-state index is 11.3. The quantitative estimate of drug-likeness (QED) is 0.557. The van der Waals surface area contributed by atoms with E-state index in [9.17, 15) is 9.59 Å². The maximum Gasteiger partial charge on any atom is 0.233 e. The van der Waals surface area contributed by atoms with Crippen LogP contribution in [-0.2, 0) is 9.59 Å². The van der Waals surface area contributed by atoms with E-state index in [1.807, 2.05) is 6.92 Å². The lowest BCUT2D eigenvalue weighted by molar-refractivity contribution is -0.123. The van der Waals surface area contributed by atoms with Crippen molar-refractivity contribution < 1.29 is 9.59 Å². The molecule has 1 atom stereocenters. The second-order valence-electron chi connectivity index (χ2n) is 3.73. The van der Waals surface area contributed by atoms with Gasteiger partial charge in [-0.3, -0.25) is 9.59 Å². The van der Waals surface area contributed by atoms with Gasteiger partial charge in [0.05, 0.1) is 4.83 Å². The number of hydrogen-bond acceptors (Lipinski definition) is 2. The predicted molar refractivity (Wildman–Crippen MR) is 61.7 cm³/mol. The molecule has 1 aliphatic carbocycles. The molecule has 0 spiro atoms. The molecule has 0 aromatic rings. The third kappa shape index (κ3) is 4.64. The van der Waals surface area contributed by atoms with Crippen molar-refractivity contribution in [3.63, 3.8) is 0 Å². The number of carbonyl (C=O) groups is 2. The summed E-state index contributed by atoms with van der Waals surface area (Å²) in [5, 5.41) is 5.54. The Morgan fingerprint density at radius 2 is 1.93 bits per heavy atom. The van der Waals surface area contributed by atoms with Crippen LogP contribution in [0.5, 0.6) is 0 Å². The summed E-state index contributed by atoms with van der Waals surface area (Å²) >= 11 is 3.26. The molecule has 2 N–H and O–H groups in total. The average molecular weight is 277 g/mol. The van der Waals surface area contributed by atoms with Crippen LogP contribution in [0.3, 0.4) is 0 Å². The van der Waals surface area contributed by atoms with Gasteiger partial charge in [0, 0.05) is 19.0 Å². The highest BCUT2D eigenvalue weighted by atomic mass is 79.9. The molecule has 5 heteroatoms. The van der Waals surface area contributed by atoms with Crippen molar-refractivity contribution in [1.82, 2.24) is 10.6 Å². The minimum Gasteiger partial charge on any atom is -0.354 e. The molecule has 15 heavy (non-hydrogen) atoms. The van der Waals surface area contributed by atoms with Crippen molar-refractivity contribution in [3.05, 3.63) is 0 Å². The van der Waals surface area contributed by atoms with Gasteiger partial charge in [0.25, 0.3) is 0 Å². The Hall–Kier alpha value is -0.580. The fraction of sp³-hybridized carbons (Fsp3) is 0.800. The van der Waals surface area contributed by atoms with Gasteiger partial charge in [-0.25, -0.2) is 0 Å². The Kier molecular flexibility index (Phi) is 5.08. The molecule has 1 saturated carbocycles. The second kappa shape index (κ2) is 6.10. The van der Waals surface area contributed by atoms with Crippen LogP contribution in [0, 0.1) is 5.92 Å². The van der Waals surface area contributed by atoms with Gasteiger partial charge in [0.2, 0.25) is 11.8 Å². The van der Waals surface area contributed by atoms with Crippen LogP contribution in [0.15, 0.2) is 0 Å². The first-order chi connectivity index (χ1) is 7.15. The average Bonchev–Trinajstić information content (AvgIpc) is 3.06. The van der Waals surface area contributed by atoms with E-state index in [0.717, 1.165) is 19.3 Å². The molecule has 0 aliphatic heterocycles. The number of hydrogen-bond donors (Lipinski definition) is 2. The Bertz CT molecular complexity index is 242. The highest BCUT2D eigenvalue weighted by Crippen LogP contribution is 2.28. The molecular formula is C10H17BrN2O2. The standard InChI is InChI=1S/C10H17BrN2O2/c1-2-8(11)10(15)13-6-5-12-9(14)7-3-4-7/h7-8H,2-6H2,1H3,(H,12,14)(H,13,15). The number of carbonyl (C=O) groups excluding carboxylic acids is 2. The van der Waals surface area contributed by atoms with E-state index in [0.29, 0.717) is 13.1 Å². The first-order valence-electron chi connectivity index (χ1n) is 5.34. The van der Waals surface area contributed by atoms with E-state index in [1.165, 1.54) is 0 Å². The minimum absolute atomic E-state index is 0.0156. The summed E-state index contributed by atoms with van der Waals surface area (Å²) in [6, 6.07) is 0. The SMILES string of the molecule is CCC(Br)C(=O)NCCNC(=O)C1CC1. The molecule has 86 valence electrons.